The first-order valence-electron chi connectivity index (χ1n) is 7.42. The predicted octanol–water partition coefficient (Wildman–Crippen LogP) is 2.09. The van der Waals surface area contributed by atoms with Crippen LogP contribution in [0.25, 0.3) is 10.9 Å². The quantitative estimate of drug-likeness (QED) is 0.861. The van der Waals surface area contributed by atoms with Crippen LogP contribution in [0.1, 0.15) is 23.2 Å². The largest absolute Gasteiger partial charge is 0.361 e. The number of carbonyl (C=O) groups excluding carboxylic acids is 1. The van der Waals surface area contributed by atoms with E-state index in [-0.39, 0.29) is 5.91 Å². The minimum absolute atomic E-state index is 0.180. The third kappa shape index (κ3) is 1.91. The molecule has 0 spiro atoms. The van der Waals surface area contributed by atoms with Crippen molar-refractivity contribution in [2.24, 2.45) is 0 Å². The van der Waals surface area contributed by atoms with Crippen LogP contribution in [0.4, 0.5) is 0 Å². The van der Waals surface area contributed by atoms with E-state index in [9.17, 15) is 4.79 Å². The van der Waals surface area contributed by atoms with Gasteiger partial charge >= 0.3 is 0 Å². The molecule has 4 rings (SSSR count). The second kappa shape index (κ2) is 4.63. The SMILES string of the molecule is O=C(c1ccc2[nH]ccc2c1)N1CCN2CCCC2C1. The number of H-pyrrole nitrogens is 1. The van der Waals surface area contributed by atoms with Gasteiger partial charge in [0.1, 0.15) is 0 Å². The van der Waals surface area contributed by atoms with E-state index in [0.717, 1.165) is 36.1 Å². The summed E-state index contributed by atoms with van der Waals surface area (Å²) < 4.78 is 0. The monoisotopic (exact) mass is 269 g/mol. The minimum Gasteiger partial charge on any atom is -0.361 e. The standard InChI is InChI=1S/C16H19N3O/c20-16(13-3-4-15-12(10-13)5-6-17-15)19-9-8-18-7-1-2-14(18)11-19/h3-6,10,14,17H,1-2,7-9,11H2. The molecule has 2 aromatic rings. The molecule has 4 nitrogen and oxygen atoms in total. The number of hydrogen-bond acceptors (Lipinski definition) is 2. The Bertz CT molecular complexity index is 648. The summed E-state index contributed by atoms with van der Waals surface area (Å²) in [6.07, 6.45) is 4.43. The smallest absolute Gasteiger partial charge is 0.253 e. The van der Waals surface area contributed by atoms with Gasteiger partial charge in [0, 0.05) is 48.3 Å². The van der Waals surface area contributed by atoms with Gasteiger partial charge in [-0.25, -0.2) is 0 Å². The highest BCUT2D eigenvalue weighted by molar-refractivity contribution is 5.98. The number of aromatic amines is 1. The van der Waals surface area contributed by atoms with Gasteiger partial charge in [0.05, 0.1) is 0 Å². The summed E-state index contributed by atoms with van der Waals surface area (Å²) in [7, 11) is 0. The van der Waals surface area contributed by atoms with Crippen molar-refractivity contribution in [2.75, 3.05) is 26.2 Å². The highest BCUT2D eigenvalue weighted by Gasteiger charge is 2.32. The first-order valence-corrected chi connectivity index (χ1v) is 7.42. The van der Waals surface area contributed by atoms with Crippen molar-refractivity contribution in [3.63, 3.8) is 0 Å². The number of nitrogens with one attached hydrogen (secondary N) is 1. The van der Waals surface area contributed by atoms with Gasteiger partial charge in [-0.05, 0) is 43.7 Å². The molecule has 104 valence electrons. The Hall–Kier alpha value is -1.81. The van der Waals surface area contributed by atoms with Crippen molar-refractivity contribution in [1.29, 1.82) is 0 Å². The maximum absolute atomic E-state index is 12.7. The molecule has 1 atom stereocenters. The number of benzene rings is 1. The lowest BCUT2D eigenvalue weighted by atomic mass is 10.1. The van der Waals surface area contributed by atoms with Gasteiger partial charge in [0.15, 0.2) is 0 Å². The van der Waals surface area contributed by atoms with Crippen LogP contribution in [0.2, 0.25) is 0 Å². The molecule has 4 heteroatoms. The van der Waals surface area contributed by atoms with Crippen LogP contribution < -0.4 is 0 Å². The van der Waals surface area contributed by atoms with Gasteiger partial charge in [0.2, 0.25) is 0 Å². The van der Waals surface area contributed by atoms with Gasteiger partial charge in [-0.15, -0.1) is 0 Å². The zero-order valence-corrected chi connectivity index (χ0v) is 11.5. The molecule has 0 bridgehead atoms. The lowest BCUT2D eigenvalue weighted by Crippen LogP contribution is -2.52. The third-order valence-electron chi connectivity index (χ3n) is 4.67. The van der Waals surface area contributed by atoms with E-state index >= 15 is 0 Å². The van der Waals surface area contributed by atoms with Crippen molar-refractivity contribution < 1.29 is 4.79 Å². The molecule has 1 N–H and O–H groups in total. The Morgan fingerprint density at radius 3 is 3.10 bits per heavy atom. The van der Waals surface area contributed by atoms with Gasteiger partial charge in [-0.1, -0.05) is 0 Å². The number of nitrogens with zero attached hydrogens (tertiary/aromatic N) is 2. The summed E-state index contributed by atoms with van der Waals surface area (Å²) in [5, 5.41) is 1.11. The van der Waals surface area contributed by atoms with Gasteiger partial charge in [-0.2, -0.15) is 0 Å². The first kappa shape index (κ1) is 12.0. The van der Waals surface area contributed by atoms with Crippen molar-refractivity contribution in [1.82, 2.24) is 14.8 Å². The van der Waals surface area contributed by atoms with Crippen LogP contribution in [-0.2, 0) is 0 Å². The number of rotatable bonds is 1. The fraction of sp³-hybridized carbons (Fsp3) is 0.438. The van der Waals surface area contributed by atoms with E-state index in [1.165, 1.54) is 19.4 Å². The molecule has 3 heterocycles. The van der Waals surface area contributed by atoms with E-state index < -0.39 is 0 Å². The summed E-state index contributed by atoms with van der Waals surface area (Å²) in [5.74, 6) is 0.180. The summed E-state index contributed by atoms with van der Waals surface area (Å²) in [4.78, 5) is 20.4. The topological polar surface area (TPSA) is 39.3 Å². The Labute approximate surface area is 118 Å². The van der Waals surface area contributed by atoms with Crippen LogP contribution >= 0.6 is 0 Å². The molecule has 0 aliphatic carbocycles. The molecule has 0 radical (unpaired) electrons. The number of carbonyl (C=O) groups is 1. The van der Waals surface area contributed by atoms with E-state index in [4.69, 9.17) is 0 Å². The van der Waals surface area contributed by atoms with Crippen molar-refractivity contribution in [2.45, 2.75) is 18.9 Å². The van der Waals surface area contributed by atoms with Crippen LogP contribution in [0, 0.1) is 0 Å². The summed E-state index contributed by atoms with van der Waals surface area (Å²) >= 11 is 0. The predicted molar refractivity (Wildman–Crippen MR) is 78.8 cm³/mol. The molecule has 2 aliphatic heterocycles. The maximum Gasteiger partial charge on any atom is 0.253 e. The van der Waals surface area contributed by atoms with Crippen LogP contribution in [0.3, 0.4) is 0 Å². The molecule has 2 aliphatic rings. The van der Waals surface area contributed by atoms with Crippen molar-refractivity contribution >= 4 is 16.8 Å². The highest BCUT2D eigenvalue weighted by Crippen LogP contribution is 2.23. The van der Waals surface area contributed by atoms with E-state index in [2.05, 4.69) is 9.88 Å². The average molecular weight is 269 g/mol. The summed E-state index contributed by atoms with van der Waals surface area (Å²) in [5.41, 5.74) is 1.89. The molecule has 1 amide bonds. The number of aromatic nitrogens is 1. The highest BCUT2D eigenvalue weighted by atomic mass is 16.2. The number of amides is 1. The number of fused-ring (bicyclic) bond motifs is 2. The molecule has 1 unspecified atom stereocenters. The zero-order valence-electron chi connectivity index (χ0n) is 11.5. The number of piperazine rings is 1. The Balaban J connectivity index is 1.56. The van der Waals surface area contributed by atoms with Crippen LogP contribution in [0.5, 0.6) is 0 Å². The molecule has 2 saturated heterocycles. The minimum atomic E-state index is 0.180. The van der Waals surface area contributed by atoms with Gasteiger partial charge in [0.25, 0.3) is 5.91 Å². The Morgan fingerprint density at radius 1 is 1.20 bits per heavy atom. The summed E-state index contributed by atoms with van der Waals surface area (Å²) in [6.45, 7) is 4.00. The molecular weight excluding hydrogens is 250 g/mol. The number of hydrogen-bond donors (Lipinski definition) is 1. The van der Waals surface area contributed by atoms with Crippen molar-refractivity contribution in [3.8, 4) is 0 Å². The molecular formula is C16H19N3O. The fourth-order valence-corrected chi connectivity index (χ4v) is 3.54. The van der Waals surface area contributed by atoms with Crippen molar-refractivity contribution in [3.05, 3.63) is 36.0 Å². The van der Waals surface area contributed by atoms with Gasteiger partial charge in [-0.3, -0.25) is 9.69 Å². The third-order valence-corrected chi connectivity index (χ3v) is 4.67. The Kier molecular flexibility index (Phi) is 2.77. The second-order valence-electron chi connectivity index (χ2n) is 5.86. The van der Waals surface area contributed by atoms with E-state index in [1.54, 1.807) is 0 Å². The second-order valence-corrected chi connectivity index (χ2v) is 5.86. The first-order chi connectivity index (χ1) is 9.81. The maximum atomic E-state index is 12.7. The Morgan fingerprint density at radius 2 is 2.15 bits per heavy atom. The average Bonchev–Trinajstić information content (AvgIpc) is 3.13. The lowest BCUT2D eigenvalue weighted by Gasteiger charge is -2.37. The normalized spacial score (nSPS) is 23.2. The van der Waals surface area contributed by atoms with Crippen LogP contribution in [-0.4, -0.2) is 52.9 Å². The molecule has 2 fully saturated rings. The molecule has 1 aromatic heterocycles. The molecule has 0 saturated carbocycles. The molecule has 20 heavy (non-hydrogen) atoms. The van der Waals surface area contributed by atoms with E-state index in [0.29, 0.717) is 6.04 Å². The van der Waals surface area contributed by atoms with Gasteiger partial charge < -0.3 is 9.88 Å². The lowest BCUT2D eigenvalue weighted by molar-refractivity contribution is 0.0571. The fourth-order valence-electron chi connectivity index (χ4n) is 3.54. The summed E-state index contributed by atoms with van der Waals surface area (Å²) in [6, 6.07) is 8.52. The molecule has 1 aromatic carbocycles. The van der Waals surface area contributed by atoms with E-state index in [1.807, 2.05) is 35.4 Å². The zero-order chi connectivity index (χ0) is 13.5. The van der Waals surface area contributed by atoms with Crippen LogP contribution in [0.15, 0.2) is 30.5 Å².